The first-order valence-corrected chi connectivity index (χ1v) is 8.44. The van der Waals surface area contributed by atoms with Crippen molar-refractivity contribution in [2.45, 2.75) is 38.7 Å². The van der Waals surface area contributed by atoms with Crippen molar-refractivity contribution >= 4 is 23.2 Å². The minimum Gasteiger partial charge on any atom is -0.494 e. The van der Waals surface area contributed by atoms with Crippen LogP contribution in [0.1, 0.15) is 43.5 Å². The molecule has 1 aromatic carbocycles. The lowest BCUT2D eigenvalue weighted by Gasteiger charge is -2.09. The number of amides is 1. The van der Waals surface area contributed by atoms with Crippen LogP contribution >= 0.6 is 11.6 Å². The number of halogens is 3. The number of nitrogens with zero attached hydrogens (tertiary/aromatic N) is 2. The second kappa shape index (κ2) is 7.39. The molecule has 1 aliphatic rings. The quantitative estimate of drug-likeness (QED) is 0.787. The third-order valence-electron chi connectivity index (χ3n) is 3.87. The molecule has 0 saturated heterocycles. The molecule has 0 radical (unpaired) electrons. The smallest absolute Gasteiger partial charge is 0.283 e. The Morgan fingerprint density at radius 3 is 2.64 bits per heavy atom. The van der Waals surface area contributed by atoms with Gasteiger partial charge >= 0.3 is 0 Å². The van der Waals surface area contributed by atoms with Gasteiger partial charge in [-0.3, -0.25) is 9.48 Å². The predicted molar refractivity (Wildman–Crippen MR) is 90.4 cm³/mol. The minimum absolute atomic E-state index is 0.0219. The number of aromatic nitrogens is 2. The van der Waals surface area contributed by atoms with E-state index in [2.05, 4.69) is 10.4 Å². The van der Waals surface area contributed by atoms with Gasteiger partial charge in [-0.1, -0.05) is 11.6 Å². The highest BCUT2D eigenvalue weighted by Gasteiger charge is 2.34. The summed E-state index contributed by atoms with van der Waals surface area (Å²) in [5.41, 5.74) is 0.657. The number of hydrogen-bond acceptors (Lipinski definition) is 3. The maximum absolute atomic E-state index is 13.0. The molecule has 1 fully saturated rings. The molecule has 134 valence electrons. The fourth-order valence-corrected chi connectivity index (χ4v) is 2.99. The van der Waals surface area contributed by atoms with Crippen LogP contribution in [0.15, 0.2) is 24.3 Å². The summed E-state index contributed by atoms with van der Waals surface area (Å²) in [6.07, 6.45) is -1.02. The average molecular weight is 370 g/mol. The van der Waals surface area contributed by atoms with Crippen LogP contribution in [0.25, 0.3) is 0 Å². The third-order valence-corrected chi connectivity index (χ3v) is 4.26. The zero-order valence-electron chi connectivity index (χ0n) is 13.6. The summed E-state index contributed by atoms with van der Waals surface area (Å²) in [7, 11) is 0. The molecule has 0 unspecified atom stereocenters. The standard InChI is InChI=1S/C17H18ClF2N3O2/c1-2-25-12-7-5-11(6-8-12)21-13(24)9-23-16(10-3-4-10)14(18)15(22-23)17(19)20/h5-8,10,17H,2-4,9H2,1H3,(H,21,24). The van der Waals surface area contributed by atoms with E-state index in [1.807, 2.05) is 6.92 Å². The number of ether oxygens (including phenoxy) is 1. The Hall–Kier alpha value is -2.15. The van der Waals surface area contributed by atoms with Gasteiger partial charge in [0, 0.05) is 11.6 Å². The van der Waals surface area contributed by atoms with Crippen LogP contribution in [0, 0.1) is 0 Å². The van der Waals surface area contributed by atoms with Crippen LogP contribution in [0.4, 0.5) is 14.5 Å². The molecule has 1 saturated carbocycles. The highest BCUT2D eigenvalue weighted by molar-refractivity contribution is 6.32. The van der Waals surface area contributed by atoms with Gasteiger partial charge in [0.15, 0.2) is 0 Å². The van der Waals surface area contributed by atoms with E-state index in [0.717, 1.165) is 12.8 Å². The van der Waals surface area contributed by atoms with Gasteiger partial charge in [0.1, 0.15) is 18.0 Å². The molecular weight excluding hydrogens is 352 g/mol. The zero-order valence-corrected chi connectivity index (χ0v) is 14.4. The maximum atomic E-state index is 13.0. The SMILES string of the molecule is CCOc1ccc(NC(=O)Cn2nc(C(F)F)c(Cl)c2C2CC2)cc1. The minimum atomic E-state index is -2.76. The second-order valence-corrected chi connectivity index (χ2v) is 6.20. The Kier molecular flexibility index (Phi) is 5.22. The molecule has 25 heavy (non-hydrogen) atoms. The van der Waals surface area contributed by atoms with E-state index < -0.39 is 12.1 Å². The number of carbonyl (C=O) groups excluding carboxylic acids is 1. The largest absolute Gasteiger partial charge is 0.494 e. The number of hydrogen-bond donors (Lipinski definition) is 1. The number of rotatable bonds is 7. The van der Waals surface area contributed by atoms with Gasteiger partial charge in [0.25, 0.3) is 6.43 Å². The fraction of sp³-hybridized carbons (Fsp3) is 0.412. The molecule has 0 bridgehead atoms. The van der Waals surface area contributed by atoms with Crippen molar-refractivity contribution in [2.75, 3.05) is 11.9 Å². The van der Waals surface area contributed by atoms with E-state index in [-0.39, 0.29) is 23.4 Å². The summed E-state index contributed by atoms with van der Waals surface area (Å²) in [5.74, 6) is 0.453. The molecule has 1 aliphatic carbocycles. The van der Waals surface area contributed by atoms with Crippen molar-refractivity contribution in [3.05, 3.63) is 40.7 Å². The lowest BCUT2D eigenvalue weighted by atomic mass is 10.2. The van der Waals surface area contributed by atoms with Crippen molar-refractivity contribution < 1.29 is 18.3 Å². The van der Waals surface area contributed by atoms with Gasteiger partial charge in [-0.15, -0.1) is 0 Å². The van der Waals surface area contributed by atoms with Crippen molar-refractivity contribution in [3.8, 4) is 5.75 Å². The first-order valence-electron chi connectivity index (χ1n) is 8.06. The molecule has 2 aromatic rings. The lowest BCUT2D eigenvalue weighted by Crippen LogP contribution is -2.21. The predicted octanol–water partition coefficient (Wildman–Crippen LogP) is 4.39. The summed E-state index contributed by atoms with van der Waals surface area (Å²) in [6, 6.07) is 6.92. The average Bonchev–Trinajstić information content (AvgIpc) is 3.34. The first-order chi connectivity index (χ1) is 12.0. The van der Waals surface area contributed by atoms with Crippen molar-refractivity contribution in [2.24, 2.45) is 0 Å². The summed E-state index contributed by atoms with van der Waals surface area (Å²) in [5, 5.41) is 6.54. The highest BCUT2D eigenvalue weighted by atomic mass is 35.5. The number of anilines is 1. The van der Waals surface area contributed by atoms with E-state index >= 15 is 0 Å². The molecular formula is C17H18ClF2N3O2. The first kappa shape index (κ1) is 17.7. The summed E-state index contributed by atoms with van der Waals surface area (Å²) in [4.78, 5) is 12.2. The molecule has 0 atom stereocenters. The molecule has 0 aliphatic heterocycles. The van der Waals surface area contributed by atoms with Crippen LogP contribution in [0.3, 0.4) is 0 Å². The number of carbonyl (C=O) groups is 1. The summed E-state index contributed by atoms with van der Waals surface area (Å²) >= 11 is 6.04. The Morgan fingerprint density at radius 2 is 2.08 bits per heavy atom. The Morgan fingerprint density at radius 1 is 1.40 bits per heavy atom. The van der Waals surface area contributed by atoms with Crippen molar-refractivity contribution in [3.63, 3.8) is 0 Å². The Balaban J connectivity index is 1.71. The van der Waals surface area contributed by atoms with Crippen LogP contribution in [0.2, 0.25) is 5.02 Å². The van der Waals surface area contributed by atoms with Crippen molar-refractivity contribution in [1.29, 1.82) is 0 Å². The van der Waals surface area contributed by atoms with Gasteiger partial charge in [0.2, 0.25) is 5.91 Å². The molecule has 1 amide bonds. The van der Waals surface area contributed by atoms with Gasteiger partial charge in [-0.25, -0.2) is 8.78 Å². The van der Waals surface area contributed by atoms with Crippen LogP contribution in [0.5, 0.6) is 5.75 Å². The van der Waals surface area contributed by atoms with Gasteiger partial charge in [-0.2, -0.15) is 5.10 Å². The normalized spacial score (nSPS) is 14.0. The monoisotopic (exact) mass is 369 g/mol. The van der Waals surface area contributed by atoms with Crippen LogP contribution in [-0.4, -0.2) is 22.3 Å². The molecule has 3 rings (SSSR count). The number of nitrogens with one attached hydrogen (secondary N) is 1. The Labute approximate surface area is 148 Å². The topological polar surface area (TPSA) is 56.1 Å². The third kappa shape index (κ3) is 4.10. The van der Waals surface area contributed by atoms with Crippen molar-refractivity contribution in [1.82, 2.24) is 9.78 Å². The fourth-order valence-electron chi connectivity index (χ4n) is 2.62. The molecule has 1 heterocycles. The zero-order chi connectivity index (χ0) is 18.0. The van der Waals surface area contributed by atoms with Gasteiger partial charge < -0.3 is 10.1 Å². The highest BCUT2D eigenvalue weighted by Crippen LogP contribution is 2.45. The molecule has 0 spiro atoms. The second-order valence-electron chi connectivity index (χ2n) is 5.82. The van der Waals surface area contributed by atoms with Crippen LogP contribution in [-0.2, 0) is 11.3 Å². The number of benzene rings is 1. The molecule has 8 heteroatoms. The maximum Gasteiger partial charge on any atom is 0.283 e. The Bertz CT molecular complexity index is 758. The van der Waals surface area contributed by atoms with E-state index in [4.69, 9.17) is 16.3 Å². The molecule has 5 nitrogen and oxygen atoms in total. The van der Waals surface area contributed by atoms with E-state index in [1.54, 1.807) is 24.3 Å². The molecule has 1 N–H and O–H groups in total. The van der Waals surface area contributed by atoms with Gasteiger partial charge in [-0.05, 0) is 44.0 Å². The van der Waals surface area contributed by atoms with Gasteiger partial charge in [0.05, 0.1) is 17.3 Å². The van der Waals surface area contributed by atoms with Crippen LogP contribution < -0.4 is 10.1 Å². The lowest BCUT2D eigenvalue weighted by molar-refractivity contribution is -0.117. The van der Waals surface area contributed by atoms with E-state index in [1.165, 1.54) is 4.68 Å². The summed E-state index contributed by atoms with van der Waals surface area (Å²) < 4.78 is 32.7. The molecule has 1 aromatic heterocycles. The van der Waals surface area contributed by atoms with E-state index in [0.29, 0.717) is 23.7 Å². The van der Waals surface area contributed by atoms with E-state index in [9.17, 15) is 13.6 Å². The number of alkyl halides is 2. The summed E-state index contributed by atoms with van der Waals surface area (Å²) in [6.45, 7) is 2.28.